The molecule has 2 aliphatic rings. The van der Waals surface area contributed by atoms with E-state index in [1.165, 1.54) is 0 Å². The minimum absolute atomic E-state index is 0.963. The van der Waals surface area contributed by atoms with Gasteiger partial charge in [0.05, 0.1) is 11.9 Å². The molecule has 0 unspecified atom stereocenters. The molecule has 0 aromatic carbocycles. The first-order chi connectivity index (χ1) is 4.47. The van der Waals surface area contributed by atoms with Gasteiger partial charge >= 0.3 is 0 Å². The van der Waals surface area contributed by atoms with E-state index in [4.69, 9.17) is 0 Å². The van der Waals surface area contributed by atoms with Crippen molar-refractivity contribution < 1.29 is 0 Å². The maximum absolute atomic E-state index is 3.91. The molecule has 1 aliphatic carbocycles. The van der Waals surface area contributed by atoms with Crippen molar-refractivity contribution in [1.82, 2.24) is 15.4 Å². The summed E-state index contributed by atoms with van der Waals surface area (Å²) >= 11 is 0. The Kier molecular flexibility index (Phi) is 0.773. The van der Waals surface area contributed by atoms with Crippen molar-refractivity contribution >= 4 is 0 Å². The maximum Gasteiger partial charge on any atom is 0.0938 e. The molecule has 0 spiro atoms. The van der Waals surface area contributed by atoms with Gasteiger partial charge in [0.1, 0.15) is 0 Å². The minimum Gasteiger partial charge on any atom is -0.197 e. The summed E-state index contributed by atoms with van der Waals surface area (Å²) in [7, 11) is 0. The molecule has 1 N–H and O–H groups in total. The zero-order chi connectivity index (χ0) is 6.10. The van der Waals surface area contributed by atoms with Crippen LogP contribution in [-0.2, 0) is 0 Å². The second-order valence-electron chi connectivity index (χ2n) is 1.84. The van der Waals surface area contributed by atoms with Gasteiger partial charge in [0.2, 0.25) is 0 Å². The fourth-order valence-electron chi connectivity index (χ4n) is 0.817. The third-order valence-electron chi connectivity index (χ3n) is 1.26. The van der Waals surface area contributed by atoms with E-state index in [0.29, 0.717) is 0 Å². The van der Waals surface area contributed by atoms with Gasteiger partial charge in [-0.15, -0.1) is 0 Å². The fraction of sp³-hybridized carbons (Fsp3) is 0. The predicted molar refractivity (Wildman–Crippen MR) is 33.0 cm³/mol. The lowest BCUT2D eigenvalue weighted by Crippen LogP contribution is -1.87. The van der Waals surface area contributed by atoms with E-state index in [0.717, 1.165) is 11.3 Å². The quantitative estimate of drug-likeness (QED) is 0.560. The first kappa shape index (κ1) is 4.49. The lowest BCUT2D eigenvalue weighted by molar-refractivity contribution is 0.871. The number of H-pyrrole nitrogens is 1. The standard InChI is InChI=1S/C6H5N3/c1-2-5-4-7-9-8-6(5)3-1/h1-4,9H. The smallest absolute Gasteiger partial charge is 0.0938 e. The molecule has 9 heavy (non-hydrogen) atoms. The molecule has 0 amide bonds. The third kappa shape index (κ3) is 0.579. The SMILES string of the molecule is c1cc2cn[nH]nc-2c1. The van der Waals surface area contributed by atoms with Crippen molar-refractivity contribution in [3.63, 3.8) is 0 Å². The van der Waals surface area contributed by atoms with Gasteiger partial charge in [-0.2, -0.15) is 15.4 Å². The maximum atomic E-state index is 3.91. The lowest BCUT2D eigenvalue weighted by atomic mass is 10.3. The highest BCUT2D eigenvalue weighted by molar-refractivity contribution is 5.59. The number of rotatable bonds is 0. The predicted octanol–water partition coefficient (Wildman–Crippen LogP) is 0.909. The third-order valence-corrected chi connectivity index (χ3v) is 1.26. The van der Waals surface area contributed by atoms with Gasteiger partial charge in [0, 0.05) is 5.56 Å². The van der Waals surface area contributed by atoms with Gasteiger partial charge in [-0.25, -0.2) is 0 Å². The highest BCUT2D eigenvalue weighted by Gasteiger charge is 1.99. The first-order valence-electron chi connectivity index (χ1n) is 2.71. The van der Waals surface area contributed by atoms with Crippen molar-refractivity contribution in [2.75, 3.05) is 0 Å². The van der Waals surface area contributed by atoms with Crippen LogP contribution >= 0.6 is 0 Å². The zero-order valence-corrected chi connectivity index (χ0v) is 4.70. The Morgan fingerprint density at radius 1 is 1.33 bits per heavy atom. The summed E-state index contributed by atoms with van der Waals surface area (Å²) in [6, 6.07) is 5.86. The van der Waals surface area contributed by atoms with E-state index in [-0.39, 0.29) is 0 Å². The van der Waals surface area contributed by atoms with Crippen LogP contribution in [0.5, 0.6) is 0 Å². The van der Waals surface area contributed by atoms with E-state index in [2.05, 4.69) is 15.4 Å². The zero-order valence-electron chi connectivity index (χ0n) is 4.70. The largest absolute Gasteiger partial charge is 0.197 e. The van der Waals surface area contributed by atoms with E-state index in [9.17, 15) is 0 Å². The van der Waals surface area contributed by atoms with Crippen LogP contribution in [0.1, 0.15) is 0 Å². The van der Waals surface area contributed by atoms with Crippen LogP contribution < -0.4 is 0 Å². The summed E-state index contributed by atoms with van der Waals surface area (Å²) in [6.07, 6.45) is 1.75. The van der Waals surface area contributed by atoms with Gasteiger partial charge in [-0.3, -0.25) is 0 Å². The van der Waals surface area contributed by atoms with Crippen LogP contribution in [0.15, 0.2) is 24.4 Å². The Morgan fingerprint density at radius 3 is 3.22 bits per heavy atom. The summed E-state index contributed by atoms with van der Waals surface area (Å²) in [5.74, 6) is 0. The molecule has 1 aliphatic heterocycles. The van der Waals surface area contributed by atoms with Gasteiger partial charge < -0.3 is 0 Å². The van der Waals surface area contributed by atoms with Gasteiger partial charge in [-0.05, 0) is 6.07 Å². The van der Waals surface area contributed by atoms with Gasteiger partial charge in [0.15, 0.2) is 0 Å². The molecule has 0 aromatic heterocycles. The number of hydrogen-bond donors (Lipinski definition) is 1. The van der Waals surface area contributed by atoms with Crippen molar-refractivity contribution in [3.8, 4) is 11.3 Å². The van der Waals surface area contributed by atoms with E-state index in [1.807, 2.05) is 18.2 Å². The monoisotopic (exact) mass is 119 g/mol. The average Bonchev–Trinajstić information content (AvgIpc) is 2.33. The number of nitrogens with one attached hydrogen (secondary N) is 1. The molecule has 1 heterocycles. The molecule has 0 atom stereocenters. The Balaban J connectivity index is 2.79. The molecule has 0 radical (unpaired) electrons. The van der Waals surface area contributed by atoms with Crippen molar-refractivity contribution in [3.05, 3.63) is 24.4 Å². The van der Waals surface area contributed by atoms with Crippen LogP contribution in [-0.4, -0.2) is 15.4 Å². The molecular formula is C6H5N3. The Morgan fingerprint density at radius 2 is 2.33 bits per heavy atom. The fourth-order valence-corrected chi connectivity index (χ4v) is 0.817. The average molecular weight is 119 g/mol. The summed E-state index contributed by atoms with van der Waals surface area (Å²) < 4.78 is 0. The summed E-state index contributed by atoms with van der Waals surface area (Å²) in [5, 5.41) is 10.2. The molecule has 44 valence electrons. The van der Waals surface area contributed by atoms with Crippen molar-refractivity contribution in [2.45, 2.75) is 0 Å². The number of fused-ring (bicyclic) bond motifs is 1. The van der Waals surface area contributed by atoms with Gasteiger partial charge in [0.25, 0.3) is 0 Å². The number of nitrogens with zero attached hydrogens (tertiary/aromatic N) is 2. The molecular weight excluding hydrogens is 114 g/mol. The molecule has 0 bridgehead atoms. The normalized spacial score (nSPS) is 10.2. The minimum atomic E-state index is 0.963. The van der Waals surface area contributed by atoms with E-state index < -0.39 is 0 Å². The first-order valence-corrected chi connectivity index (χ1v) is 2.71. The topological polar surface area (TPSA) is 41.6 Å². The summed E-state index contributed by atoms with van der Waals surface area (Å²) in [5.41, 5.74) is 2.04. The van der Waals surface area contributed by atoms with Crippen LogP contribution in [0.4, 0.5) is 0 Å². The van der Waals surface area contributed by atoms with Crippen LogP contribution in [0.25, 0.3) is 11.3 Å². The number of aromatic nitrogens is 3. The van der Waals surface area contributed by atoms with Crippen LogP contribution in [0.3, 0.4) is 0 Å². The molecule has 2 rings (SSSR count). The molecule has 0 fully saturated rings. The lowest BCUT2D eigenvalue weighted by Gasteiger charge is -1.90. The second-order valence-corrected chi connectivity index (χ2v) is 1.84. The second kappa shape index (κ2) is 1.55. The number of aromatic amines is 1. The molecule has 0 saturated heterocycles. The number of hydrogen-bond acceptors (Lipinski definition) is 2. The van der Waals surface area contributed by atoms with Crippen LogP contribution in [0, 0.1) is 0 Å². The van der Waals surface area contributed by atoms with Crippen molar-refractivity contribution in [1.29, 1.82) is 0 Å². The van der Waals surface area contributed by atoms with E-state index in [1.54, 1.807) is 6.20 Å². The van der Waals surface area contributed by atoms with E-state index >= 15 is 0 Å². The highest BCUT2D eigenvalue weighted by atomic mass is 15.3. The van der Waals surface area contributed by atoms with Crippen LogP contribution in [0.2, 0.25) is 0 Å². The summed E-state index contributed by atoms with van der Waals surface area (Å²) in [4.78, 5) is 0. The van der Waals surface area contributed by atoms with Crippen molar-refractivity contribution in [2.24, 2.45) is 0 Å². The molecule has 0 aromatic rings. The molecule has 3 nitrogen and oxygen atoms in total. The molecule has 0 saturated carbocycles. The Hall–Kier alpha value is -1.38. The molecule has 3 heteroatoms. The Labute approximate surface area is 52.1 Å². The summed E-state index contributed by atoms with van der Waals surface area (Å²) in [6.45, 7) is 0. The van der Waals surface area contributed by atoms with Gasteiger partial charge in [-0.1, -0.05) is 12.1 Å². The highest BCUT2D eigenvalue weighted by Crippen LogP contribution is 2.15. The Bertz CT molecular complexity index is 248.